The van der Waals surface area contributed by atoms with E-state index in [0.717, 1.165) is 0 Å². The number of nitrogens with two attached hydrogens (primary N) is 1. The van der Waals surface area contributed by atoms with Crippen LogP contribution >= 0.6 is 0 Å². The van der Waals surface area contributed by atoms with Crippen LogP contribution in [0, 0.1) is 0 Å². The molecule has 0 unspecified atom stereocenters. The fourth-order valence-electron chi connectivity index (χ4n) is 1.37. The lowest BCUT2D eigenvalue weighted by molar-refractivity contribution is -0.139. The highest BCUT2D eigenvalue weighted by atomic mass is 16.6. The number of nitrogens with one attached hydrogen (secondary N) is 1. The topological polar surface area (TPSA) is 139 Å². The van der Waals surface area contributed by atoms with E-state index in [1.807, 2.05) is 0 Å². The van der Waals surface area contributed by atoms with Gasteiger partial charge in [-0.1, -0.05) is 0 Å². The molecule has 2 atom stereocenters. The predicted octanol–water partition coefficient (Wildman–Crippen LogP) is 0.547. The van der Waals surface area contributed by atoms with Crippen LogP contribution in [0.3, 0.4) is 0 Å². The summed E-state index contributed by atoms with van der Waals surface area (Å²) >= 11 is 0. The quantitative estimate of drug-likeness (QED) is 0.536. The number of carboxylic acid groups (broad SMARTS) is 2. The molecule has 8 nitrogen and oxygen atoms in total. The minimum Gasteiger partial charge on any atom is -0.480 e. The van der Waals surface area contributed by atoms with Crippen LogP contribution in [0.4, 0.5) is 4.79 Å². The molecular formula is C12H22N2O6. The van der Waals surface area contributed by atoms with E-state index >= 15 is 0 Å². The second-order valence-electron chi connectivity index (χ2n) is 5.41. The number of carboxylic acids is 2. The van der Waals surface area contributed by atoms with E-state index < -0.39 is 35.7 Å². The van der Waals surface area contributed by atoms with Crippen molar-refractivity contribution in [3.63, 3.8) is 0 Å². The van der Waals surface area contributed by atoms with Crippen LogP contribution in [0.1, 0.15) is 40.0 Å². The molecule has 0 radical (unpaired) electrons. The zero-order valence-corrected chi connectivity index (χ0v) is 11.9. The smallest absolute Gasteiger partial charge is 0.408 e. The zero-order chi connectivity index (χ0) is 15.9. The first-order valence-electron chi connectivity index (χ1n) is 6.23. The molecule has 0 rings (SSSR count). The molecule has 0 aliphatic rings. The predicted molar refractivity (Wildman–Crippen MR) is 70.3 cm³/mol. The number of aliphatic carboxylic acids is 2. The average Bonchev–Trinajstić information content (AvgIpc) is 2.24. The van der Waals surface area contributed by atoms with Gasteiger partial charge in [0.15, 0.2) is 0 Å². The van der Waals surface area contributed by atoms with E-state index in [2.05, 4.69) is 5.32 Å². The summed E-state index contributed by atoms with van der Waals surface area (Å²) in [5.41, 5.74) is 4.58. The summed E-state index contributed by atoms with van der Waals surface area (Å²) in [5.74, 6) is -2.35. The van der Waals surface area contributed by atoms with E-state index in [9.17, 15) is 14.4 Å². The van der Waals surface area contributed by atoms with Crippen LogP contribution < -0.4 is 11.1 Å². The van der Waals surface area contributed by atoms with Crippen molar-refractivity contribution in [1.82, 2.24) is 5.32 Å². The molecule has 0 spiro atoms. The van der Waals surface area contributed by atoms with Gasteiger partial charge in [-0.05, 0) is 40.0 Å². The molecule has 0 fully saturated rings. The molecule has 0 heterocycles. The molecule has 116 valence electrons. The lowest BCUT2D eigenvalue weighted by Crippen LogP contribution is -2.43. The van der Waals surface area contributed by atoms with Crippen LogP contribution in [0.2, 0.25) is 0 Å². The molecule has 0 aromatic carbocycles. The summed E-state index contributed by atoms with van der Waals surface area (Å²) in [6.45, 7) is 4.98. The van der Waals surface area contributed by atoms with Crippen molar-refractivity contribution in [2.75, 3.05) is 0 Å². The third-order valence-corrected chi connectivity index (χ3v) is 2.31. The van der Waals surface area contributed by atoms with Gasteiger partial charge >= 0.3 is 18.0 Å². The van der Waals surface area contributed by atoms with E-state index in [0.29, 0.717) is 0 Å². The van der Waals surface area contributed by atoms with E-state index in [4.69, 9.17) is 20.7 Å². The number of carbonyl (C=O) groups excluding carboxylic acids is 1. The molecule has 20 heavy (non-hydrogen) atoms. The third kappa shape index (κ3) is 8.30. The van der Waals surface area contributed by atoms with Crippen molar-refractivity contribution in [3.05, 3.63) is 0 Å². The maximum absolute atomic E-state index is 11.5. The summed E-state index contributed by atoms with van der Waals surface area (Å²) in [7, 11) is 0. The van der Waals surface area contributed by atoms with Crippen molar-refractivity contribution >= 4 is 18.0 Å². The van der Waals surface area contributed by atoms with Crippen LogP contribution in [-0.2, 0) is 14.3 Å². The molecule has 0 aromatic rings. The highest BCUT2D eigenvalue weighted by molar-refractivity contribution is 5.80. The van der Waals surface area contributed by atoms with Gasteiger partial charge in [0.1, 0.15) is 17.7 Å². The number of alkyl carbamates (subject to hydrolysis) is 1. The summed E-state index contributed by atoms with van der Waals surface area (Å²) < 4.78 is 4.95. The molecule has 0 aliphatic heterocycles. The first-order chi connectivity index (χ1) is 9.03. The summed E-state index contributed by atoms with van der Waals surface area (Å²) in [6.07, 6.45) is -0.349. The largest absolute Gasteiger partial charge is 0.480 e. The normalized spacial score (nSPS) is 14.2. The van der Waals surface area contributed by atoms with Gasteiger partial charge in [0.25, 0.3) is 0 Å². The highest BCUT2D eigenvalue weighted by Crippen LogP contribution is 2.09. The molecule has 0 saturated carbocycles. The Morgan fingerprint density at radius 1 is 1.15 bits per heavy atom. The first kappa shape index (κ1) is 18.2. The molecule has 5 N–H and O–H groups in total. The Labute approximate surface area is 117 Å². The minimum absolute atomic E-state index is 0.0789. The van der Waals surface area contributed by atoms with E-state index in [1.165, 1.54) is 0 Å². The maximum Gasteiger partial charge on any atom is 0.408 e. The Morgan fingerprint density at radius 3 is 2.10 bits per heavy atom. The van der Waals surface area contributed by atoms with Gasteiger partial charge in [-0.15, -0.1) is 0 Å². The van der Waals surface area contributed by atoms with Gasteiger partial charge in [0.05, 0.1) is 0 Å². The van der Waals surface area contributed by atoms with Crippen molar-refractivity contribution in [1.29, 1.82) is 0 Å². The molecule has 0 saturated heterocycles. The minimum atomic E-state index is -1.21. The fourth-order valence-corrected chi connectivity index (χ4v) is 1.37. The molecule has 1 amide bonds. The average molecular weight is 290 g/mol. The van der Waals surface area contributed by atoms with Crippen LogP contribution in [-0.4, -0.2) is 45.9 Å². The molecular weight excluding hydrogens is 268 g/mol. The number of amides is 1. The monoisotopic (exact) mass is 290 g/mol. The van der Waals surface area contributed by atoms with Crippen LogP contribution in [0.25, 0.3) is 0 Å². The number of rotatable bonds is 7. The van der Waals surface area contributed by atoms with Gasteiger partial charge in [-0.2, -0.15) is 0 Å². The zero-order valence-electron chi connectivity index (χ0n) is 11.9. The Bertz CT molecular complexity index is 363. The summed E-state index contributed by atoms with van der Waals surface area (Å²) in [4.78, 5) is 33.0. The van der Waals surface area contributed by atoms with E-state index in [1.54, 1.807) is 20.8 Å². The lowest BCUT2D eigenvalue weighted by Gasteiger charge is -2.22. The highest BCUT2D eigenvalue weighted by Gasteiger charge is 2.24. The molecule has 0 bridgehead atoms. The van der Waals surface area contributed by atoms with Crippen molar-refractivity contribution in [2.45, 2.75) is 57.7 Å². The number of carbonyl (C=O) groups is 3. The Kier molecular flexibility index (Phi) is 6.98. The van der Waals surface area contributed by atoms with Gasteiger partial charge in [0.2, 0.25) is 0 Å². The van der Waals surface area contributed by atoms with Crippen LogP contribution in [0.5, 0.6) is 0 Å². The SMILES string of the molecule is CC(C)(C)OC(=O)N[C@@H](CCC[C@@H](N)C(=O)O)C(=O)O. The van der Waals surface area contributed by atoms with Crippen molar-refractivity contribution in [3.8, 4) is 0 Å². The molecule has 8 heteroatoms. The summed E-state index contributed by atoms with van der Waals surface area (Å²) in [6, 6.07) is -2.17. The van der Waals surface area contributed by atoms with Gasteiger partial charge in [-0.25, -0.2) is 9.59 Å². The summed E-state index contributed by atoms with van der Waals surface area (Å²) in [5, 5.41) is 19.8. The second-order valence-corrected chi connectivity index (χ2v) is 5.41. The Balaban J connectivity index is 4.28. The van der Waals surface area contributed by atoms with Gasteiger partial charge in [0, 0.05) is 0 Å². The Hall–Kier alpha value is -1.83. The first-order valence-corrected chi connectivity index (χ1v) is 6.23. The third-order valence-electron chi connectivity index (χ3n) is 2.31. The number of hydrogen-bond donors (Lipinski definition) is 4. The molecule has 0 aromatic heterocycles. The van der Waals surface area contributed by atoms with E-state index in [-0.39, 0.29) is 19.3 Å². The van der Waals surface area contributed by atoms with Gasteiger partial charge in [-0.3, -0.25) is 4.79 Å². The molecule has 0 aliphatic carbocycles. The standard InChI is InChI=1S/C12H22N2O6/c1-12(2,3)20-11(19)14-8(10(17)18)6-4-5-7(13)9(15)16/h7-8H,4-6,13H2,1-3H3,(H,14,19)(H,15,16)(H,17,18)/t7-,8+/m1/s1. The van der Waals surface area contributed by atoms with Crippen LogP contribution in [0.15, 0.2) is 0 Å². The maximum atomic E-state index is 11.5. The fraction of sp³-hybridized carbons (Fsp3) is 0.750. The van der Waals surface area contributed by atoms with Gasteiger partial charge < -0.3 is 26.0 Å². The van der Waals surface area contributed by atoms with Crippen molar-refractivity contribution in [2.24, 2.45) is 5.73 Å². The van der Waals surface area contributed by atoms with Crippen molar-refractivity contribution < 1.29 is 29.3 Å². The Morgan fingerprint density at radius 2 is 1.70 bits per heavy atom. The number of ether oxygens (including phenoxy) is 1. The number of hydrogen-bond acceptors (Lipinski definition) is 5. The second kappa shape index (κ2) is 7.68. The lowest BCUT2D eigenvalue weighted by atomic mass is 10.1.